The first-order chi connectivity index (χ1) is 14.0. The number of nitrogens with zero attached hydrogens (tertiary/aromatic N) is 4. The molecule has 2 N–H and O–H groups in total. The van der Waals surface area contributed by atoms with E-state index in [2.05, 4.69) is 41.4 Å². The van der Waals surface area contributed by atoms with Gasteiger partial charge in [-0.15, -0.1) is 0 Å². The van der Waals surface area contributed by atoms with Gasteiger partial charge in [0.1, 0.15) is 11.3 Å². The predicted octanol–water partition coefficient (Wildman–Crippen LogP) is 5.36. The van der Waals surface area contributed by atoms with Gasteiger partial charge in [0.25, 0.3) is 0 Å². The van der Waals surface area contributed by atoms with Crippen molar-refractivity contribution in [3.8, 4) is 0 Å². The Labute approximate surface area is 171 Å². The molecule has 1 aliphatic rings. The summed E-state index contributed by atoms with van der Waals surface area (Å²) < 4.78 is 16.2. The summed E-state index contributed by atoms with van der Waals surface area (Å²) in [6.45, 7) is 7.32. The van der Waals surface area contributed by atoms with Gasteiger partial charge in [0.05, 0.1) is 11.9 Å². The van der Waals surface area contributed by atoms with Crippen LogP contribution in [0.15, 0.2) is 30.5 Å². The molecule has 154 valence electrons. The molecule has 0 aliphatic heterocycles. The highest BCUT2D eigenvalue weighted by Crippen LogP contribution is 2.27. The summed E-state index contributed by atoms with van der Waals surface area (Å²) in [6.07, 6.45) is 6.52. The molecule has 3 aromatic rings. The van der Waals surface area contributed by atoms with Crippen LogP contribution in [0.4, 0.5) is 22.0 Å². The third-order valence-corrected chi connectivity index (χ3v) is 5.50. The van der Waals surface area contributed by atoms with Crippen molar-refractivity contribution in [1.82, 2.24) is 19.5 Å². The summed E-state index contributed by atoms with van der Waals surface area (Å²) in [7, 11) is 0. The second-order valence-electron chi connectivity index (χ2n) is 8.55. The molecule has 1 saturated carbocycles. The van der Waals surface area contributed by atoms with Crippen molar-refractivity contribution in [1.29, 1.82) is 0 Å². The molecular formula is C22H29FN6. The van der Waals surface area contributed by atoms with E-state index in [1.54, 1.807) is 24.4 Å². The maximum atomic E-state index is 14.1. The zero-order valence-electron chi connectivity index (χ0n) is 17.3. The number of para-hydroxylation sites is 1. The van der Waals surface area contributed by atoms with E-state index in [1.807, 2.05) is 4.57 Å². The van der Waals surface area contributed by atoms with Crippen molar-refractivity contribution in [2.45, 2.75) is 59.0 Å². The molecule has 2 aromatic heterocycles. The summed E-state index contributed by atoms with van der Waals surface area (Å²) in [5.41, 5.74) is 1.86. The Hall–Kier alpha value is -2.70. The van der Waals surface area contributed by atoms with E-state index in [0.717, 1.165) is 31.0 Å². The molecule has 0 atom stereocenters. The summed E-state index contributed by atoms with van der Waals surface area (Å²) in [5.74, 6) is 2.10. The zero-order valence-corrected chi connectivity index (χ0v) is 17.3. The average molecular weight is 397 g/mol. The molecule has 0 radical (unpaired) electrons. The topological polar surface area (TPSA) is 67.7 Å². The minimum absolute atomic E-state index is 0.310. The number of anilines is 3. The van der Waals surface area contributed by atoms with Gasteiger partial charge in [-0.05, 0) is 49.7 Å². The number of nitrogens with one attached hydrogen (secondary N) is 2. The quantitative estimate of drug-likeness (QED) is 0.587. The lowest BCUT2D eigenvalue weighted by Crippen LogP contribution is -2.26. The first-order valence-electron chi connectivity index (χ1n) is 10.5. The van der Waals surface area contributed by atoms with E-state index in [1.165, 1.54) is 18.9 Å². The van der Waals surface area contributed by atoms with Gasteiger partial charge in [0.2, 0.25) is 11.9 Å². The standard InChI is InChI=1S/C22H29FN6/c1-14(2)13-29-20-19(27-22(29)26-18-7-5-4-6-17(18)23)12-24-21(28-20)25-16-10-8-15(3)9-11-16/h4-7,12,14-16H,8-11,13H2,1-3H3,(H,26,27)(H,24,25,28). The number of benzene rings is 1. The third-order valence-electron chi connectivity index (χ3n) is 5.50. The molecule has 0 saturated heterocycles. The minimum Gasteiger partial charge on any atom is -0.351 e. The van der Waals surface area contributed by atoms with Crippen LogP contribution in [0.5, 0.6) is 0 Å². The molecule has 6 nitrogen and oxygen atoms in total. The van der Waals surface area contributed by atoms with Crippen molar-refractivity contribution in [2.75, 3.05) is 10.6 Å². The maximum Gasteiger partial charge on any atom is 0.224 e. The van der Waals surface area contributed by atoms with E-state index in [4.69, 9.17) is 4.98 Å². The summed E-state index contributed by atoms with van der Waals surface area (Å²) >= 11 is 0. The molecule has 7 heteroatoms. The van der Waals surface area contributed by atoms with E-state index < -0.39 is 0 Å². The van der Waals surface area contributed by atoms with Crippen LogP contribution in [0.3, 0.4) is 0 Å². The highest BCUT2D eigenvalue weighted by molar-refractivity contribution is 5.76. The Morgan fingerprint density at radius 2 is 1.90 bits per heavy atom. The Kier molecular flexibility index (Phi) is 5.65. The maximum absolute atomic E-state index is 14.1. The molecule has 1 aromatic carbocycles. The summed E-state index contributed by atoms with van der Waals surface area (Å²) in [6, 6.07) is 7.03. The Balaban J connectivity index is 1.64. The van der Waals surface area contributed by atoms with Crippen LogP contribution in [0.1, 0.15) is 46.5 Å². The fourth-order valence-corrected chi connectivity index (χ4v) is 3.89. The van der Waals surface area contributed by atoms with Gasteiger partial charge >= 0.3 is 0 Å². The lowest BCUT2D eigenvalue weighted by Gasteiger charge is -2.26. The van der Waals surface area contributed by atoms with Crippen molar-refractivity contribution in [3.63, 3.8) is 0 Å². The summed E-state index contributed by atoms with van der Waals surface area (Å²) in [5, 5.41) is 6.63. The second kappa shape index (κ2) is 8.35. The molecule has 0 bridgehead atoms. The van der Waals surface area contributed by atoms with Crippen molar-refractivity contribution >= 4 is 28.7 Å². The predicted molar refractivity (Wildman–Crippen MR) is 115 cm³/mol. The molecule has 1 fully saturated rings. The highest BCUT2D eigenvalue weighted by Gasteiger charge is 2.20. The fourth-order valence-electron chi connectivity index (χ4n) is 3.89. The van der Waals surface area contributed by atoms with Crippen LogP contribution >= 0.6 is 0 Å². The van der Waals surface area contributed by atoms with Gasteiger partial charge in [-0.25, -0.2) is 14.4 Å². The number of imidazole rings is 1. The lowest BCUT2D eigenvalue weighted by molar-refractivity contribution is 0.360. The molecule has 4 rings (SSSR count). The van der Waals surface area contributed by atoms with Crippen molar-refractivity contribution in [2.24, 2.45) is 11.8 Å². The van der Waals surface area contributed by atoms with Gasteiger partial charge in [-0.1, -0.05) is 32.9 Å². The molecule has 29 heavy (non-hydrogen) atoms. The van der Waals surface area contributed by atoms with Gasteiger partial charge in [0.15, 0.2) is 5.65 Å². The van der Waals surface area contributed by atoms with E-state index >= 15 is 0 Å². The van der Waals surface area contributed by atoms with Crippen LogP contribution in [-0.2, 0) is 6.54 Å². The number of halogens is 1. The van der Waals surface area contributed by atoms with Gasteiger partial charge in [-0.2, -0.15) is 4.98 Å². The highest BCUT2D eigenvalue weighted by atomic mass is 19.1. The van der Waals surface area contributed by atoms with Gasteiger partial charge in [0, 0.05) is 12.6 Å². The molecule has 2 heterocycles. The Morgan fingerprint density at radius 3 is 2.62 bits per heavy atom. The number of hydrogen-bond acceptors (Lipinski definition) is 5. The Bertz CT molecular complexity index is 975. The smallest absolute Gasteiger partial charge is 0.224 e. The van der Waals surface area contributed by atoms with Crippen LogP contribution in [0.25, 0.3) is 11.2 Å². The number of fused-ring (bicyclic) bond motifs is 1. The molecular weight excluding hydrogens is 367 g/mol. The van der Waals surface area contributed by atoms with Gasteiger partial charge in [-0.3, -0.25) is 4.57 Å². The molecule has 0 amide bonds. The normalized spacial score (nSPS) is 19.6. The first-order valence-corrected chi connectivity index (χ1v) is 10.5. The average Bonchev–Trinajstić information content (AvgIpc) is 3.02. The summed E-state index contributed by atoms with van der Waals surface area (Å²) in [4.78, 5) is 13.9. The largest absolute Gasteiger partial charge is 0.351 e. The molecule has 0 spiro atoms. The number of hydrogen-bond donors (Lipinski definition) is 2. The van der Waals surface area contributed by atoms with E-state index in [9.17, 15) is 4.39 Å². The van der Waals surface area contributed by atoms with E-state index in [-0.39, 0.29) is 5.82 Å². The first kappa shape index (κ1) is 19.6. The second-order valence-corrected chi connectivity index (χ2v) is 8.55. The number of aromatic nitrogens is 4. The van der Waals surface area contributed by atoms with Crippen molar-refractivity contribution < 1.29 is 4.39 Å². The lowest BCUT2D eigenvalue weighted by atomic mass is 9.87. The van der Waals surface area contributed by atoms with Crippen LogP contribution in [0.2, 0.25) is 0 Å². The third kappa shape index (κ3) is 4.49. The van der Waals surface area contributed by atoms with Crippen molar-refractivity contribution in [3.05, 3.63) is 36.3 Å². The SMILES string of the molecule is CC(C)Cn1c(Nc2ccccc2F)nc2cnc(NC3CCC(C)CC3)nc21. The molecule has 1 aliphatic carbocycles. The minimum atomic E-state index is -0.310. The number of rotatable bonds is 6. The monoisotopic (exact) mass is 396 g/mol. The Morgan fingerprint density at radius 1 is 1.14 bits per heavy atom. The zero-order chi connectivity index (χ0) is 20.4. The fraction of sp³-hybridized carbons (Fsp3) is 0.500. The molecule has 0 unspecified atom stereocenters. The van der Waals surface area contributed by atoms with E-state index in [0.29, 0.717) is 35.1 Å². The van der Waals surface area contributed by atoms with Crippen LogP contribution in [0, 0.1) is 17.7 Å². The van der Waals surface area contributed by atoms with Crippen LogP contribution < -0.4 is 10.6 Å². The van der Waals surface area contributed by atoms with Gasteiger partial charge < -0.3 is 10.6 Å². The van der Waals surface area contributed by atoms with Crippen LogP contribution in [-0.4, -0.2) is 25.6 Å².